The molecular weight excluding hydrogens is 388 g/mol. The van der Waals surface area contributed by atoms with Crippen LogP contribution in [0.25, 0.3) is 22.3 Å². The predicted molar refractivity (Wildman–Crippen MR) is 126 cm³/mol. The first-order valence-corrected chi connectivity index (χ1v) is 10.4. The minimum Gasteiger partial charge on any atom is -0.331 e. The molecule has 4 aromatic rings. The SMILES string of the molecule is CC(C)(C)N(c1ccccc1F)c1cc(-c2ccccc2)cc(-c2ccccc2)c1F. The average molecular weight is 414 g/mol. The van der Waals surface area contributed by atoms with Crippen molar-refractivity contribution in [3.8, 4) is 22.3 Å². The molecule has 0 saturated heterocycles. The quantitative estimate of drug-likeness (QED) is 0.326. The molecule has 31 heavy (non-hydrogen) atoms. The third kappa shape index (κ3) is 4.22. The Morgan fingerprint density at radius 3 is 1.71 bits per heavy atom. The number of nitrogens with zero attached hydrogens (tertiary/aromatic N) is 1. The van der Waals surface area contributed by atoms with E-state index in [1.807, 2.05) is 93.6 Å². The fraction of sp³-hybridized carbons (Fsp3) is 0.143. The third-order valence-electron chi connectivity index (χ3n) is 5.25. The summed E-state index contributed by atoms with van der Waals surface area (Å²) in [7, 11) is 0. The van der Waals surface area contributed by atoms with Crippen molar-refractivity contribution < 1.29 is 8.78 Å². The van der Waals surface area contributed by atoms with Gasteiger partial charge in [-0.3, -0.25) is 0 Å². The van der Waals surface area contributed by atoms with Crippen molar-refractivity contribution in [3.05, 3.63) is 109 Å². The molecule has 4 rings (SSSR count). The molecule has 0 radical (unpaired) electrons. The first-order valence-electron chi connectivity index (χ1n) is 10.4. The monoisotopic (exact) mass is 413 g/mol. The van der Waals surface area contributed by atoms with Crippen LogP contribution in [0.1, 0.15) is 20.8 Å². The van der Waals surface area contributed by atoms with Gasteiger partial charge in [0.05, 0.1) is 11.4 Å². The van der Waals surface area contributed by atoms with Crippen molar-refractivity contribution >= 4 is 11.4 Å². The van der Waals surface area contributed by atoms with Crippen LogP contribution < -0.4 is 4.90 Å². The van der Waals surface area contributed by atoms with Crippen molar-refractivity contribution in [1.82, 2.24) is 0 Å². The second kappa shape index (κ2) is 8.35. The van der Waals surface area contributed by atoms with E-state index in [9.17, 15) is 4.39 Å². The Balaban J connectivity index is 2.03. The van der Waals surface area contributed by atoms with E-state index < -0.39 is 5.54 Å². The van der Waals surface area contributed by atoms with Crippen molar-refractivity contribution in [1.29, 1.82) is 0 Å². The van der Waals surface area contributed by atoms with Gasteiger partial charge in [-0.05, 0) is 61.7 Å². The molecule has 0 fully saturated rings. The van der Waals surface area contributed by atoms with Crippen LogP contribution in [0.15, 0.2) is 97.1 Å². The molecule has 0 aromatic heterocycles. The molecule has 156 valence electrons. The number of hydrogen-bond acceptors (Lipinski definition) is 1. The zero-order chi connectivity index (χ0) is 22.0. The van der Waals surface area contributed by atoms with Crippen molar-refractivity contribution in [2.24, 2.45) is 0 Å². The molecule has 4 aromatic carbocycles. The summed E-state index contributed by atoms with van der Waals surface area (Å²) < 4.78 is 31.0. The van der Waals surface area contributed by atoms with E-state index in [1.165, 1.54) is 6.07 Å². The van der Waals surface area contributed by atoms with Crippen molar-refractivity contribution in [3.63, 3.8) is 0 Å². The van der Waals surface area contributed by atoms with E-state index in [1.54, 1.807) is 23.1 Å². The molecule has 3 heteroatoms. The molecule has 0 heterocycles. The van der Waals surface area contributed by atoms with E-state index in [0.29, 0.717) is 16.9 Å². The molecule has 0 saturated carbocycles. The number of hydrogen-bond donors (Lipinski definition) is 0. The maximum Gasteiger partial charge on any atom is 0.154 e. The van der Waals surface area contributed by atoms with E-state index >= 15 is 4.39 Å². The molecule has 0 N–H and O–H groups in total. The molecule has 0 unspecified atom stereocenters. The minimum atomic E-state index is -0.563. The topological polar surface area (TPSA) is 3.24 Å². The fourth-order valence-corrected chi connectivity index (χ4v) is 3.88. The lowest BCUT2D eigenvalue weighted by atomic mass is 9.94. The number of anilines is 2. The van der Waals surface area contributed by atoms with Crippen LogP contribution in [0, 0.1) is 11.6 Å². The van der Waals surface area contributed by atoms with Crippen LogP contribution in [-0.2, 0) is 0 Å². The molecule has 0 atom stereocenters. The van der Waals surface area contributed by atoms with E-state index in [-0.39, 0.29) is 11.6 Å². The van der Waals surface area contributed by atoms with Crippen molar-refractivity contribution in [2.75, 3.05) is 4.90 Å². The lowest BCUT2D eigenvalue weighted by Crippen LogP contribution is -2.38. The van der Waals surface area contributed by atoms with Gasteiger partial charge in [-0.2, -0.15) is 0 Å². The summed E-state index contributed by atoms with van der Waals surface area (Å²) in [5.74, 6) is -0.757. The second-order valence-electron chi connectivity index (χ2n) is 8.55. The molecule has 0 aliphatic rings. The maximum absolute atomic E-state index is 16.1. The molecule has 0 aliphatic heterocycles. The van der Waals surface area contributed by atoms with E-state index in [4.69, 9.17) is 0 Å². The van der Waals surface area contributed by atoms with E-state index in [2.05, 4.69) is 0 Å². The molecule has 0 aliphatic carbocycles. The highest BCUT2D eigenvalue weighted by Gasteiger charge is 2.29. The summed E-state index contributed by atoms with van der Waals surface area (Å²) in [6, 6.07) is 29.5. The summed E-state index contributed by atoms with van der Waals surface area (Å²) in [6.07, 6.45) is 0. The highest BCUT2D eigenvalue weighted by molar-refractivity contribution is 5.82. The standard InChI is InChI=1S/C28H25F2N/c1-28(2,3)31(25-17-11-10-16-24(25)29)26-19-22(20-12-6-4-7-13-20)18-23(27(26)30)21-14-8-5-9-15-21/h4-19H,1-3H3. The zero-order valence-electron chi connectivity index (χ0n) is 17.9. The highest BCUT2D eigenvalue weighted by Crippen LogP contribution is 2.42. The molecule has 0 bridgehead atoms. The molecular formula is C28H25F2N. The molecule has 0 spiro atoms. The second-order valence-corrected chi connectivity index (χ2v) is 8.55. The summed E-state index contributed by atoms with van der Waals surface area (Å²) in [5, 5.41) is 0. The van der Waals surface area contributed by atoms with Gasteiger partial charge in [0.2, 0.25) is 0 Å². The molecule has 1 nitrogen and oxygen atoms in total. The lowest BCUT2D eigenvalue weighted by molar-refractivity contribution is 0.527. The van der Waals surface area contributed by atoms with Gasteiger partial charge in [-0.25, -0.2) is 8.78 Å². The third-order valence-corrected chi connectivity index (χ3v) is 5.25. The van der Waals surface area contributed by atoms with Crippen molar-refractivity contribution in [2.45, 2.75) is 26.3 Å². The minimum absolute atomic E-state index is 0.345. The Kier molecular flexibility index (Phi) is 5.60. The van der Waals surface area contributed by atoms with Crippen LogP contribution in [-0.4, -0.2) is 5.54 Å². The predicted octanol–water partition coefficient (Wildman–Crippen LogP) is 8.24. The highest BCUT2D eigenvalue weighted by atomic mass is 19.1. The van der Waals surface area contributed by atoms with Crippen LogP contribution in [0.2, 0.25) is 0 Å². The zero-order valence-corrected chi connectivity index (χ0v) is 17.9. The van der Waals surface area contributed by atoms with E-state index in [0.717, 1.165) is 16.7 Å². The van der Waals surface area contributed by atoms with Gasteiger partial charge in [0, 0.05) is 11.1 Å². The Morgan fingerprint density at radius 2 is 1.13 bits per heavy atom. The van der Waals surface area contributed by atoms with Gasteiger partial charge in [0.15, 0.2) is 5.82 Å². The molecule has 0 amide bonds. The smallest absolute Gasteiger partial charge is 0.154 e. The normalized spacial score (nSPS) is 11.4. The Hall–Kier alpha value is -3.46. The first-order chi connectivity index (χ1) is 14.9. The van der Waals surface area contributed by atoms with Crippen LogP contribution in [0.5, 0.6) is 0 Å². The van der Waals surface area contributed by atoms with Crippen LogP contribution in [0.4, 0.5) is 20.2 Å². The van der Waals surface area contributed by atoms with Gasteiger partial charge in [-0.1, -0.05) is 72.8 Å². The van der Waals surface area contributed by atoms with Crippen LogP contribution >= 0.6 is 0 Å². The number of halogens is 2. The van der Waals surface area contributed by atoms with Gasteiger partial charge in [-0.15, -0.1) is 0 Å². The lowest BCUT2D eigenvalue weighted by Gasteiger charge is -2.38. The Bertz CT molecular complexity index is 1180. The number of benzene rings is 4. The number of para-hydroxylation sites is 1. The number of rotatable bonds is 4. The summed E-state index contributed by atoms with van der Waals surface area (Å²) in [6.45, 7) is 5.86. The average Bonchev–Trinajstić information content (AvgIpc) is 2.77. The van der Waals surface area contributed by atoms with Gasteiger partial charge in [0.25, 0.3) is 0 Å². The summed E-state index contributed by atoms with van der Waals surface area (Å²) >= 11 is 0. The Morgan fingerprint density at radius 1 is 0.581 bits per heavy atom. The summed E-state index contributed by atoms with van der Waals surface area (Å²) in [4.78, 5) is 1.75. The van der Waals surface area contributed by atoms with Gasteiger partial charge in [0.1, 0.15) is 5.82 Å². The first kappa shape index (κ1) is 20.8. The summed E-state index contributed by atoms with van der Waals surface area (Å²) in [5.41, 5.74) is 3.25. The Labute approximate surface area is 182 Å². The maximum atomic E-state index is 16.1. The van der Waals surface area contributed by atoms with Crippen LogP contribution in [0.3, 0.4) is 0 Å². The fourth-order valence-electron chi connectivity index (χ4n) is 3.88. The van der Waals surface area contributed by atoms with Gasteiger partial charge >= 0.3 is 0 Å². The largest absolute Gasteiger partial charge is 0.331 e. The van der Waals surface area contributed by atoms with Gasteiger partial charge < -0.3 is 4.90 Å².